The van der Waals surface area contributed by atoms with Gasteiger partial charge in [-0.15, -0.1) is 0 Å². The van der Waals surface area contributed by atoms with Gasteiger partial charge in [-0.25, -0.2) is 0 Å². The van der Waals surface area contributed by atoms with Crippen molar-refractivity contribution in [2.24, 2.45) is 0 Å². The van der Waals surface area contributed by atoms with Crippen molar-refractivity contribution < 1.29 is 27.0 Å². The first kappa shape index (κ1) is 22.7. The van der Waals surface area contributed by atoms with Crippen LogP contribution in [-0.4, -0.2) is 16.7 Å². The van der Waals surface area contributed by atoms with E-state index in [0.29, 0.717) is 5.56 Å². The van der Waals surface area contributed by atoms with Crippen molar-refractivity contribution in [3.63, 3.8) is 0 Å². The molecule has 0 radical (unpaired) electrons. The molecule has 1 N–H and O–H groups in total. The Morgan fingerprint density at radius 3 is 1.81 bits per heavy atom. The summed E-state index contributed by atoms with van der Waals surface area (Å²) in [5.41, 5.74) is 1.23. The third kappa shape index (κ3) is 4.25. The molecule has 6 heteroatoms. The Morgan fingerprint density at radius 2 is 1.26 bits per heavy atom. The molecule has 0 aliphatic heterocycles. The standard InChI is InChI=1S/C25H20NO3P.BrH/c1-30(20-10-4-2-5-11-20,21-12-6-3-7-13-21)25-15-9-8-14-22(25)23-18-19(26(28)29)16-17-24(23)27;/h2-18H,1H3;1H. The fourth-order valence-electron chi connectivity index (χ4n) is 3.82. The first-order valence-electron chi connectivity index (χ1n) is 9.57. The van der Waals surface area contributed by atoms with E-state index in [4.69, 9.17) is 0 Å². The first-order chi connectivity index (χ1) is 14.5. The van der Waals surface area contributed by atoms with Crippen LogP contribution >= 0.6 is 7.26 Å². The van der Waals surface area contributed by atoms with Gasteiger partial charge in [-0.1, -0.05) is 54.6 Å². The number of nitrogens with zero attached hydrogens (tertiary/aromatic N) is 1. The number of nitro groups is 1. The fraction of sp³-hybridized carbons (Fsp3) is 0.0400. The molecule has 0 bridgehead atoms. The molecule has 0 unspecified atom stereocenters. The normalized spacial score (nSPS) is 10.9. The summed E-state index contributed by atoms with van der Waals surface area (Å²) in [5.74, 6) is 0.0284. The first-order valence-corrected chi connectivity index (χ1v) is 11.8. The minimum Gasteiger partial charge on any atom is -1.00 e. The van der Waals surface area contributed by atoms with Gasteiger partial charge in [0.05, 0.1) is 11.6 Å². The van der Waals surface area contributed by atoms with Crippen LogP contribution in [0, 0.1) is 10.1 Å². The van der Waals surface area contributed by atoms with Crippen molar-refractivity contribution in [2.45, 2.75) is 0 Å². The third-order valence-electron chi connectivity index (χ3n) is 5.41. The number of hydrogen-bond donors (Lipinski definition) is 1. The lowest BCUT2D eigenvalue weighted by Crippen LogP contribution is -3.00. The number of nitro benzene ring substituents is 1. The quantitative estimate of drug-likeness (QED) is 0.262. The topological polar surface area (TPSA) is 63.4 Å². The number of benzene rings is 4. The van der Waals surface area contributed by atoms with Crippen LogP contribution in [0.1, 0.15) is 0 Å². The highest BCUT2D eigenvalue weighted by Gasteiger charge is 2.42. The summed E-state index contributed by atoms with van der Waals surface area (Å²) in [5, 5.41) is 25.4. The lowest BCUT2D eigenvalue weighted by atomic mass is 10.0. The van der Waals surface area contributed by atoms with E-state index in [-0.39, 0.29) is 28.4 Å². The van der Waals surface area contributed by atoms with Crippen LogP contribution in [-0.2, 0) is 0 Å². The minimum atomic E-state index is -2.07. The van der Waals surface area contributed by atoms with Crippen molar-refractivity contribution >= 4 is 28.9 Å². The molecule has 0 heterocycles. The molecule has 0 atom stereocenters. The Labute approximate surface area is 192 Å². The third-order valence-corrected chi connectivity index (χ3v) is 9.43. The van der Waals surface area contributed by atoms with Crippen LogP contribution in [0.3, 0.4) is 0 Å². The molecule has 156 valence electrons. The van der Waals surface area contributed by atoms with Gasteiger partial charge < -0.3 is 22.1 Å². The Morgan fingerprint density at radius 1 is 0.742 bits per heavy atom. The average molecular weight is 494 g/mol. The maximum atomic E-state index is 11.4. The molecule has 0 aromatic heterocycles. The van der Waals surface area contributed by atoms with Gasteiger partial charge in [0.2, 0.25) is 0 Å². The van der Waals surface area contributed by atoms with E-state index in [1.165, 1.54) is 28.8 Å². The monoisotopic (exact) mass is 493 g/mol. The maximum Gasteiger partial charge on any atom is 0.270 e. The number of hydrogen-bond acceptors (Lipinski definition) is 3. The van der Waals surface area contributed by atoms with Crippen LogP contribution in [0.2, 0.25) is 0 Å². The van der Waals surface area contributed by atoms with E-state index in [1.54, 1.807) is 0 Å². The summed E-state index contributed by atoms with van der Waals surface area (Å²) in [6.45, 7) is 2.25. The number of phenolic OH excluding ortho intramolecular Hbond substituents is 1. The predicted molar refractivity (Wildman–Crippen MR) is 125 cm³/mol. The zero-order valence-electron chi connectivity index (χ0n) is 16.9. The Bertz CT molecular complexity index is 1160. The van der Waals surface area contributed by atoms with Gasteiger partial charge in [0.15, 0.2) is 0 Å². The van der Waals surface area contributed by atoms with Crippen molar-refractivity contribution in [2.75, 3.05) is 6.66 Å². The van der Waals surface area contributed by atoms with Crippen molar-refractivity contribution in [1.82, 2.24) is 0 Å². The van der Waals surface area contributed by atoms with E-state index in [2.05, 4.69) is 37.0 Å². The lowest BCUT2D eigenvalue weighted by Gasteiger charge is -2.25. The van der Waals surface area contributed by atoms with Gasteiger partial charge in [0.25, 0.3) is 5.69 Å². The van der Waals surface area contributed by atoms with Crippen molar-refractivity contribution in [3.05, 3.63) is 113 Å². The summed E-state index contributed by atoms with van der Waals surface area (Å²) in [4.78, 5) is 10.9. The summed E-state index contributed by atoms with van der Waals surface area (Å²) >= 11 is 0. The summed E-state index contributed by atoms with van der Waals surface area (Å²) in [6, 6.07) is 32.7. The van der Waals surface area contributed by atoms with Crippen LogP contribution in [0.15, 0.2) is 103 Å². The van der Waals surface area contributed by atoms with Crippen molar-refractivity contribution in [1.29, 1.82) is 0 Å². The van der Waals surface area contributed by atoms with E-state index in [1.807, 2.05) is 54.6 Å². The molecule has 4 nitrogen and oxygen atoms in total. The van der Waals surface area contributed by atoms with Crippen LogP contribution < -0.4 is 32.9 Å². The fourth-order valence-corrected chi connectivity index (χ4v) is 7.28. The second kappa shape index (κ2) is 9.42. The maximum absolute atomic E-state index is 11.4. The van der Waals surface area contributed by atoms with Gasteiger partial charge in [0, 0.05) is 23.3 Å². The summed E-state index contributed by atoms with van der Waals surface area (Å²) < 4.78 is 0. The van der Waals surface area contributed by atoms with E-state index in [0.717, 1.165) is 10.9 Å². The van der Waals surface area contributed by atoms with Crippen LogP contribution in [0.5, 0.6) is 5.75 Å². The molecule has 0 saturated heterocycles. The zero-order valence-corrected chi connectivity index (χ0v) is 19.3. The summed E-state index contributed by atoms with van der Waals surface area (Å²) in [7, 11) is -2.07. The highest BCUT2D eigenvalue weighted by molar-refractivity contribution is 7.95. The number of non-ortho nitro benzene ring substituents is 1. The molecule has 0 aliphatic carbocycles. The van der Waals surface area contributed by atoms with Gasteiger partial charge in [0.1, 0.15) is 28.9 Å². The van der Waals surface area contributed by atoms with Crippen LogP contribution in [0.4, 0.5) is 5.69 Å². The molecule has 31 heavy (non-hydrogen) atoms. The Balaban J connectivity index is 0.00000272. The summed E-state index contributed by atoms with van der Waals surface area (Å²) in [6.07, 6.45) is 0. The number of aromatic hydroxyl groups is 1. The van der Waals surface area contributed by atoms with Gasteiger partial charge >= 0.3 is 0 Å². The van der Waals surface area contributed by atoms with Gasteiger partial charge in [-0.05, 0) is 36.4 Å². The van der Waals surface area contributed by atoms with Crippen molar-refractivity contribution in [3.8, 4) is 16.9 Å². The van der Waals surface area contributed by atoms with E-state index < -0.39 is 12.2 Å². The SMILES string of the molecule is C[P+](c1ccccc1)(c1ccccc1)c1ccccc1-c1cc([N+](=O)[O-])ccc1O.[Br-]. The smallest absolute Gasteiger partial charge is 0.270 e. The van der Waals surface area contributed by atoms with E-state index in [9.17, 15) is 15.2 Å². The molecular weight excluding hydrogens is 473 g/mol. The minimum absolute atomic E-state index is 0. The Kier molecular flexibility index (Phi) is 6.89. The molecule has 4 aromatic rings. The second-order valence-electron chi connectivity index (χ2n) is 7.15. The predicted octanol–water partition coefficient (Wildman–Crippen LogP) is 1.90. The molecule has 4 aromatic carbocycles. The molecule has 0 aliphatic rings. The number of rotatable bonds is 5. The lowest BCUT2D eigenvalue weighted by molar-refractivity contribution is -0.384. The molecular formula is C25H21BrNO3P. The average Bonchev–Trinajstić information content (AvgIpc) is 2.80. The zero-order chi connectivity index (χ0) is 21.1. The second-order valence-corrected chi connectivity index (χ2v) is 10.7. The molecule has 0 saturated carbocycles. The molecule has 0 fully saturated rings. The largest absolute Gasteiger partial charge is 1.00 e. The molecule has 0 amide bonds. The molecule has 4 rings (SSSR count). The molecule has 0 spiro atoms. The van der Waals surface area contributed by atoms with Gasteiger partial charge in [-0.3, -0.25) is 10.1 Å². The number of halogens is 1. The Hall–Kier alpha value is -3.01. The van der Waals surface area contributed by atoms with Crippen LogP contribution in [0.25, 0.3) is 11.1 Å². The highest BCUT2D eigenvalue weighted by Crippen LogP contribution is 2.54. The number of phenols is 1. The highest BCUT2D eigenvalue weighted by atomic mass is 79.9. The van der Waals surface area contributed by atoms with Gasteiger partial charge in [-0.2, -0.15) is 0 Å². The van der Waals surface area contributed by atoms with E-state index >= 15 is 0 Å².